The first-order chi connectivity index (χ1) is 12.9. The van der Waals surface area contributed by atoms with Crippen LogP contribution < -0.4 is 5.56 Å². The Kier molecular flexibility index (Phi) is 6.07. The van der Waals surface area contributed by atoms with Gasteiger partial charge in [-0.2, -0.15) is 13.2 Å². The minimum absolute atomic E-state index is 0. The van der Waals surface area contributed by atoms with Crippen LogP contribution in [0, 0.1) is 5.92 Å². The lowest BCUT2D eigenvalue weighted by atomic mass is 10.00. The molecule has 0 spiro atoms. The molecular formula is C18H20ClF3N4OS. The molecule has 28 heavy (non-hydrogen) atoms. The lowest BCUT2D eigenvalue weighted by Crippen LogP contribution is -2.28. The van der Waals surface area contributed by atoms with E-state index in [9.17, 15) is 18.0 Å². The summed E-state index contributed by atoms with van der Waals surface area (Å²) in [5, 5.41) is 0.622. The van der Waals surface area contributed by atoms with Crippen LogP contribution in [-0.4, -0.2) is 45.2 Å². The quantitative estimate of drug-likeness (QED) is 0.431. The van der Waals surface area contributed by atoms with Crippen LogP contribution in [0.25, 0.3) is 0 Å². The van der Waals surface area contributed by atoms with Gasteiger partial charge in [0.15, 0.2) is 5.16 Å². The maximum absolute atomic E-state index is 12.7. The normalized spacial score (nSPS) is 23.9. The van der Waals surface area contributed by atoms with Gasteiger partial charge in [0.1, 0.15) is 0 Å². The van der Waals surface area contributed by atoms with Gasteiger partial charge in [-0.15, -0.1) is 12.4 Å². The number of halogens is 4. The van der Waals surface area contributed by atoms with Gasteiger partial charge in [-0.3, -0.25) is 9.78 Å². The highest BCUT2D eigenvalue weighted by Gasteiger charge is 2.61. The van der Waals surface area contributed by atoms with Crippen LogP contribution in [0.3, 0.4) is 0 Å². The molecule has 1 saturated carbocycles. The summed E-state index contributed by atoms with van der Waals surface area (Å²) in [6.07, 6.45) is 0.0596. The number of thioether (sulfide) groups is 1. The highest BCUT2D eigenvalue weighted by molar-refractivity contribution is 7.99. The van der Waals surface area contributed by atoms with E-state index >= 15 is 0 Å². The van der Waals surface area contributed by atoms with Gasteiger partial charge in [-0.05, 0) is 37.4 Å². The van der Waals surface area contributed by atoms with Crippen molar-refractivity contribution in [3.63, 3.8) is 0 Å². The number of aromatic amines is 1. The summed E-state index contributed by atoms with van der Waals surface area (Å²) in [7, 11) is 0. The van der Waals surface area contributed by atoms with Crippen LogP contribution >= 0.6 is 24.2 Å². The molecule has 0 bridgehead atoms. The Labute approximate surface area is 170 Å². The number of hydrogen-bond acceptors (Lipinski definition) is 5. The number of likely N-dealkylation sites (tertiary alicyclic amines) is 1. The molecule has 5 nitrogen and oxygen atoms in total. The number of hydrogen-bond donors (Lipinski definition) is 1. The standard InChI is InChI=1S/C18H19F3N4OS.ClH/c19-18(20,21)12-2-3-14(23-9-12)17-8-13(17)10-25(11-17)6-1-7-27-16-22-5-4-15(26)24-16;/h2-5,9,13H,1,6-8,10-11H2,(H,22,24,26);1H/t13-,17-;/m1./s1. The fourth-order valence-electron chi connectivity index (χ4n) is 3.89. The molecular weight excluding hydrogens is 413 g/mol. The Hall–Kier alpha value is -1.58. The number of aromatic nitrogens is 3. The van der Waals surface area contributed by atoms with Gasteiger partial charge in [-0.25, -0.2) is 4.98 Å². The van der Waals surface area contributed by atoms with E-state index in [1.54, 1.807) is 6.07 Å². The Morgan fingerprint density at radius 2 is 2.11 bits per heavy atom. The molecule has 4 rings (SSSR count). The minimum atomic E-state index is -4.34. The van der Waals surface area contributed by atoms with E-state index in [1.807, 2.05) is 0 Å². The van der Waals surface area contributed by atoms with Gasteiger partial charge in [0.2, 0.25) is 0 Å². The predicted octanol–water partition coefficient (Wildman–Crippen LogP) is 3.36. The lowest BCUT2D eigenvalue weighted by molar-refractivity contribution is -0.137. The van der Waals surface area contributed by atoms with E-state index < -0.39 is 11.7 Å². The Morgan fingerprint density at radius 1 is 1.29 bits per heavy atom. The van der Waals surface area contributed by atoms with E-state index in [1.165, 1.54) is 24.0 Å². The highest BCUT2D eigenvalue weighted by atomic mass is 35.5. The molecule has 0 amide bonds. The SMILES string of the molecule is Cl.O=c1ccnc(SCCCN2C[C@H]3C[C@@]3(c3ccc(C(F)(F)F)cn3)C2)[nH]1. The van der Waals surface area contributed by atoms with E-state index in [2.05, 4.69) is 19.9 Å². The van der Waals surface area contributed by atoms with Gasteiger partial charge < -0.3 is 9.88 Å². The highest BCUT2D eigenvalue weighted by Crippen LogP contribution is 2.58. The average Bonchev–Trinajstić information content (AvgIpc) is 3.20. The van der Waals surface area contributed by atoms with Crippen molar-refractivity contribution in [1.82, 2.24) is 19.9 Å². The Balaban J connectivity index is 0.00000225. The van der Waals surface area contributed by atoms with E-state index in [0.717, 1.165) is 56.2 Å². The first kappa shape index (κ1) is 21.1. The van der Waals surface area contributed by atoms with Crippen LogP contribution in [0.4, 0.5) is 13.2 Å². The Morgan fingerprint density at radius 3 is 2.79 bits per heavy atom. The number of pyridine rings is 1. The molecule has 2 aromatic rings. The van der Waals surface area contributed by atoms with Crippen molar-refractivity contribution < 1.29 is 13.2 Å². The molecule has 0 radical (unpaired) electrons. The van der Waals surface area contributed by atoms with E-state index in [-0.39, 0.29) is 23.4 Å². The van der Waals surface area contributed by atoms with Crippen LogP contribution in [0.5, 0.6) is 0 Å². The maximum Gasteiger partial charge on any atom is 0.417 e. The summed E-state index contributed by atoms with van der Waals surface area (Å²) in [6.45, 7) is 2.73. The fourth-order valence-corrected chi connectivity index (χ4v) is 4.67. The van der Waals surface area contributed by atoms with Crippen molar-refractivity contribution in [3.8, 4) is 0 Å². The molecule has 3 heterocycles. The molecule has 1 aliphatic heterocycles. The number of nitrogens with zero attached hydrogens (tertiary/aromatic N) is 3. The van der Waals surface area contributed by atoms with Crippen molar-refractivity contribution >= 4 is 24.2 Å². The number of H-pyrrole nitrogens is 1. The predicted molar refractivity (Wildman–Crippen MR) is 103 cm³/mol. The van der Waals surface area contributed by atoms with Crippen LogP contribution in [0.15, 0.2) is 40.5 Å². The summed E-state index contributed by atoms with van der Waals surface area (Å²) >= 11 is 1.52. The Bertz CT molecular complexity index is 876. The van der Waals surface area contributed by atoms with Crippen molar-refractivity contribution in [3.05, 3.63) is 52.2 Å². The second kappa shape index (κ2) is 8.04. The van der Waals surface area contributed by atoms with Gasteiger partial charge in [0, 0.05) is 48.4 Å². The maximum atomic E-state index is 12.7. The topological polar surface area (TPSA) is 61.9 Å². The summed E-state index contributed by atoms with van der Waals surface area (Å²) in [5.74, 6) is 1.33. The molecule has 152 valence electrons. The number of fused-ring (bicyclic) bond motifs is 1. The van der Waals surface area contributed by atoms with Crippen molar-refractivity contribution in [2.24, 2.45) is 5.92 Å². The summed E-state index contributed by atoms with van der Waals surface area (Å²) in [4.78, 5) is 24.5. The van der Waals surface area contributed by atoms with Crippen LogP contribution in [0.2, 0.25) is 0 Å². The molecule has 2 atom stereocenters. The third kappa shape index (κ3) is 4.36. The molecule has 1 saturated heterocycles. The first-order valence-corrected chi connectivity index (χ1v) is 9.80. The molecule has 0 aromatic carbocycles. The zero-order valence-electron chi connectivity index (χ0n) is 14.9. The number of alkyl halides is 3. The van der Waals surface area contributed by atoms with Gasteiger partial charge in [-0.1, -0.05) is 11.8 Å². The van der Waals surface area contributed by atoms with E-state index in [0.29, 0.717) is 11.1 Å². The first-order valence-electron chi connectivity index (χ1n) is 8.81. The smallest absolute Gasteiger partial charge is 0.302 e. The molecule has 2 aromatic heterocycles. The molecule has 1 aliphatic carbocycles. The second-order valence-corrected chi connectivity index (χ2v) is 8.25. The summed E-state index contributed by atoms with van der Waals surface area (Å²) in [5.41, 5.74) is -0.135. The molecule has 10 heteroatoms. The summed E-state index contributed by atoms with van der Waals surface area (Å²) < 4.78 is 38.1. The minimum Gasteiger partial charge on any atom is -0.302 e. The third-order valence-corrected chi connectivity index (χ3v) is 6.30. The lowest BCUT2D eigenvalue weighted by Gasteiger charge is -2.20. The fraction of sp³-hybridized carbons (Fsp3) is 0.500. The van der Waals surface area contributed by atoms with Crippen molar-refractivity contribution in [2.45, 2.75) is 29.6 Å². The van der Waals surface area contributed by atoms with Gasteiger partial charge in [0.25, 0.3) is 5.56 Å². The summed E-state index contributed by atoms with van der Waals surface area (Å²) in [6, 6.07) is 4.06. The monoisotopic (exact) mass is 432 g/mol. The number of piperidine rings is 1. The molecule has 2 fully saturated rings. The van der Waals surface area contributed by atoms with Gasteiger partial charge >= 0.3 is 6.18 Å². The van der Waals surface area contributed by atoms with E-state index in [4.69, 9.17) is 0 Å². The van der Waals surface area contributed by atoms with Crippen LogP contribution in [-0.2, 0) is 11.6 Å². The molecule has 2 aliphatic rings. The zero-order valence-corrected chi connectivity index (χ0v) is 16.5. The van der Waals surface area contributed by atoms with Crippen LogP contribution in [0.1, 0.15) is 24.1 Å². The van der Waals surface area contributed by atoms with Crippen molar-refractivity contribution in [1.29, 1.82) is 0 Å². The second-order valence-electron chi connectivity index (χ2n) is 7.16. The average molecular weight is 433 g/mol. The number of nitrogens with one attached hydrogen (secondary N) is 1. The largest absolute Gasteiger partial charge is 0.417 e. The number of rotatable bonds is 6. The molecule has 0 unspecified atom stereocenters. The zero-order chi connectivity index (χ0) is 19.1. The molecule has 1 N–H and O–H groups in total. The van der Waals surface area contributed by atoms with Crippen molar-refractivity contribution in [2.75, 3.05) is 25.4 Å². The van der Waals surface area contributed by atoms with Gasteiger partial charge in [0.05, 0.1) is 5.56 Å². The third-order valence-electron chi connectivity index (χ3n) is 5.32.